The first kappa shape index (κ1) is 31.2. The van der Waals surface area contributed by atoms with E-state index in [0.29, 0.717) is 61.5 Å². The maximum Gasteiger partial charge on any atom is 0.253 e. The Labute approximate surface area is 253 Å². The lowest BCUT2D eigenvalue weighted by molar-refractivity contribution is -0.124. The molecular formula is C32H38F2N4O4S. The number of hydrogen-bond donors (Lipinski definition) is 2. The Morgan fingerprint density at radius 1 is 1.05 bits per heavy atom. The van der Waals surface area contributed by atoms with Gasteiger partial charge in [-0.1, -0.05) is 0 Å². The summed E-state index contributed by atoms with van der Waals surface area (Å²) >= 11 is 0. The zero-order chi connectivity index (χ0) is 31.1. The van der Waals surface area contributed by atoms with Crippen LogP contribution in [0, 0.1) is 33.5 Å². The molecule has 43 heavy (non-hydrogen) atoms. The Morgan fingerprint density at radius 3 is 2.28 bits per heavy atom. The topological polar surface area (TPSA) is 102 Å². The van der Waals surface area contributed by atoms with Gasteiger partial charge in [-0.25, -0.2) is 17.3 Å². The SMILES string of the molecule is Cc1cc(C(=O)N2CCC(O)(CF)CC2)cc(C)c1/C=C/S(=O)N1CCC2(CC1)N=C(c1ccc(F)c(C)c1C)NC2=O. The van der Waals surface area contributed by atoms with E-state index >= 15 is 0 Å². The summed E-state index contributed by atoms with van der Waals surface area (Å²) in [6, 6.07) is 6.63. The van der Waals surface area contributed by atoms with Crippen LogP contribution in [-0.2, 0) is 15.8 Å². The van der Waals surface area contributed by atoms with E-state index in [4.69, 9.17) is 4.99 Å². The van der Waals surface area contributed by atoms with Crippen molar-refractivity contribution in [2.24, 2.45) is 4.99 Å². The normalized spacial score (nSPS) is 20.9. The molecular weight excluding hydrogens is 574 g/mol. The first-order valence-corrected chi connectivity index (χ1v) is 15.7. The van der Waals surface area contributed by atoms with Gasteiger partial charge in [-0.3, -0.25) is 14.6 Å². The molecule has 0 aromatic heterocycles. The van der Waals surface area contributed by atoms with Crippen molar-refractivity contribution in [3.05, 3.63) is 74.4 Å². The molecule has 1 spiro atoms. The van der Waals surface area contributed by atoms with Crippen molar-refractivity contribution >= 4 is 34.7 Å². The van der Waals surface area contributed by atoms with Crippen LogP contribution in [0.4, 0.5) is 8.78 Å². The molecule has 2 aromatic carbocycles. The van der Waals surface area contributed by atoms with E-state index in [1.54, 1.807) is 41.5 Å². The second kappa shape index (κ2) is 12.0. The van der Waals surface area contributed by atoms with Crippen molar-refractivity contribution < 1.29 is 27.7 Å². The molecule has 3 heterocycles. The molecule has 2 amide bonds. The smallest absolute Gasteiger partial charge is 0.253 e. The van der Waals surface area contributed by atoms with Crippen LogP contribution in [0.3, 0.4) is 0 Å². The number of benzene rings is 2. The standard InChI is InChI=1S/C32H38F2N4O4S/c1-20-17-24(29(39)37-12-8-31(41,19-33)9-13-37)18-21(2)25(20)7-16-43(42)38-14-10-32(11-15-38)30(40)35-28(36-32)26-5-6-27(34)23(4)22(26)3/h5-7,16-18,41H,8-15,19H2,1-4H3,(H,35,36,40)/b16-7+. The Morgan fingerprint density at radius 2 is 1.67 bits per heavy atom. The molecule has 2 N–H and O–H groups in total. The highest BCUT2D eigenvalue weighted by molar-refractivity contribution is 7.85. The number of nitrogens with one attached hydrogen (secondary N) is 1. The van der Waals surface area contributed by atoms with Gasteiger partial charge < -0.3 is 15.3 Å². The number of amides is 2. The van der Waals surface area contributed by atoms with Crippen LogP contribution in [-0.4, -0.2) is 80.2 Å². The summed E-state index contributed by atoms with van der Waals surface area (Å²) in [4.78, 5) is 32.5. The van der Waals surface area contributed by atoms with Gasteiger partial charge in [0.1, 0.15) is 34.9 Å². The summed E-state index contributed by atoms with van der Waals surface area (Å²) in [5, 5.41) is 14.7. The van der Waals surface area contributed by atoms with Gasteiger partial charge in [0.2, 0.25) is 0 Å². The number of rotatable bonds is 6. The lowest BCUT2D eigenvalue weighted by atomic mass is 9.89. The minimum Gasteiger partial charge on any atom is -0.387 e. The van der Waals surface area contributed by atoms with Crippen LogP contribution in [0.25, 0.3) is 6.08 Å². The van der Waals surface area contributed by atoms with Gasteiger partial charge >= 0.3 is 0 Å². The largest absolute Gasteiger partial charge is 0.387 e. The maximum absolute atomic E-state index is 14.0. The molecule has 0 radical (unpaired) electrons. The van der Waals surface area contributed by atoms with Crippen molar-refractivity contribution in [3.63, 3.8) is 0 Å². The fourth-order valence-electron chi connectivity index (χ4n) is 6.08. The summed E-state index contributed by atoms with van der Waals surface area (Å²) in [5.41, 5.74) is 2.82. The number of aliphatic imine (C=N–C) groups is 1. The highest BCUT2D eigenvalue weighted by Crippen LogP contribution is 2.33. The lowest BCUT2D eigenvalue weighted by Crippen LogP contribution is -2.49. The molecule has 2 aromatic rings. The zero-order valence-corrected chi connectivity index (χ0v) is 25.8. The second-order valence-electron chi connectivity index (χ2n) is 12.0. The first-order chi connectivity index (χ1) is 20.4. The summed E-state index contributed by atoms with van der Waals surface area (Å²) in [5.74, 6) is -0.185. The van der Waals surface area contributed by atoms with Gasteiger partial charge in [0, 0.05) is 42.7 Å². The number of alkyl halides is 1. The van der Waals surface area contributed by atoms with Crippen LogP contribution in [0.5, 0.6) is 0 Å². The molecule has 2 saturated heterocycles. The third kappa shape index (κ3) is 6.07. The van der Waals surface area contributed by atoms with Crippen molar-refractivity contribution in [2.75, 3.05) is 32.9 Å². The molecule has 0 saturated carbocycles. The predicted molar refractivity (Wildman–Crippen MR) is 163 cm³/mol. The first-order valence-electron chi connectivity index (χ1n) is 14.6. The lowest BCUT2D eigenvalue weighted by Gasteiger charge is -2.36. The summed E-state index contributed by atoms with van der Waals surface area (Å²) in [6.07, 6.45) is 3.05. The number of aryl methyl sites for hydroxylation is 2. The average molecular weight is 613 g/mol. The summed E-state index contributed by atoms with van der Waals surface area (Å²) in [7, 11) is -1.43. The molecule has 1 unspecified atom stereocenters. The van der Waals surface area contributed by atoms with Crippen LogP contribution in [0.2, 0.25) is 0 Å². The third-order valence-corrected chi connectivity index (χ3v) is 10.4. The fraction of sp³-hybridized carbons (Fsp3) is 0.469. The molecule has 3 aliphatic heterocycles. The van der Waals surface area contributed by atoms with E-state index < -0.39 is 28.8 Å². The van der Waals surface area contributed by atoms with Crippen LogP contribution in [0.15, 0.2) is 34.7 Å². The predicted octanol–water partition coefficient (Wildman–Crippen LogP) is 4.04. The molecule has 2 fully saturated rings. The van der Waals surface area contributed by atoms with Crippen molar-refractivity contribution in [1.29, 1.82) is 0 Å². The van der Waals surface area contributed by atoms with E-state index in [9.17, 15) is 27.7 Å². The number of amidine groups is 1. The van der Waals surface area contributed by atoms with Gasteiger partial charge in [-0.15, -0.1) is 0 Å². The molecule has 0 aliphatic carbocycles. The van der Waals surface area contributed by atoms with Crippen molar-refractivity contribution in [1.82, 2.24) is 14.5 Å². The van der Waals surface area contributed by atoms with E-state index in [0.717, 1.165) is 22.3 Å². The Hall–Kier alpha value is -3.28. The molecule has 230 valence electrons. The van der Waals surface area contributed by atoms with Gasteiger partial charge in [0.15, 0.2) is 0 Å². The molecule has 0 bridgehead atoms. The Kier molecular flexibility index (Phi) is 8.70. The van der Waals surface area contributed by atoms with Crippen molar-refractivity contribution in [3.8, 4) is 0 Å². The molecule has 1 atom stereocenters. The van der Waals surface area contributed by atoms with Crippen LogP contribution >= 0.6 is 0 Å². The number of carbonyl (C=O) groups excluding carboxylic acids is 2. The monoisotopic (exact) mass is 612 g/mol. The summed E-state index contributed by atoms with van der Waals surface area (Å²) in [6.45, 7) is 7.93. The van der Waals surface area contributed by atoms with E-state index in [1.807, 2.05) is 25.1 Å². The number of nitrogens with zero attached hydrogens (tertiary/aromatic N) is 3. The van der Waals surface area contributed by atoms with Crippen LogP contribution in [0.1, 0.15) is 69.4 Å². The maximum atomic E-state index is 14.0. The number of hydrogen-bond acceptors (Lipinski definition) is 5. The Balaban J connectivity index is 1.23. The highest BCUT2D eigenvalue weighted by Gasteiger charge is 2.46. The average Bonchev–Trinajstić information content (AvgIpc) is 3.30. The highest BCUT2D eigenvalue weighted by atomic mass is 32.2. The van der Waals surface area contributed by atoms with Crippen LogP contribution < -0.4 is 5.32 Å². The van der Waals surface area contributed by atoms with E-state index in [1.165, 1.54) is 6.07 Å². The van der Waals surface area contributed by atoms with E-state index in [2.05, 4.69) is 5.32 Å². The van der Waals surface area contributed by atoms with Gasteiger partial charge in [-0.2, -0.15) is 0 Å². The van der Waals surface area contributed by atoms with E-state index in [-0.39, 0.29) is 30.5 Å². The molecule has 3 aliphatic rings. The third-order valence-electron chi connectivity index (χ3n) is 9.18. The van der Waals surface area contributed by atoms with Gasteiger partial charge in [0.25, 0.3) is 11.8 Å². The second-order valence-corrected chi connectivity index (χ2v) is 13.3. The minimum absolute atomic E-state index is 0.153. The minimum atomic E-state index is -1.43. The molecule has 5 rings (SSSR count). The quantitative estimate of drug-likeness (QED) is 0.514. The number of halogens is 2. The summed E-state index contributed by atoms with van der Waals surface area (Å²) < 4.78 is 42.1. The Bertz CT molecular complexity index is 1520. The molecule has 8 nitrogen and oxygen atoms in total. The molecule has 11 heteroatoms. The number of carbonyl (C=O) groups is 2. The number of aliphatic hydroxyl groups is 1. The van der Waals surface area contributed by atoms with Gasteiger partial charge in [-0.05, 0) is 112 Å². The zero-order valence-electron chi connectivity index (χ0n) is 25.0. The van der Waals surface area contributed by atoms with Crippen molar-refractivity contribution in [2.45, 2.75) is 64.5 Å². The fourth-order valence-corrected chi connectivity index (χ4v) is 7.05. The number of likely N-dealkylation sites (tertiary alicyclic amines) is 1. The number of piperidine rings is 2. The van der Waals surface area contributed by atoms with Gasteiger partial charge in [0.05, 0.1) is 5.60 Å².